The Kier molecular flexibility index (Phi) is 6.54. The minimum absolute atomic E-state index is 0.0686. The molecule has 34 heavy (non-hydrogen) atoms. The summed E-state index contributed by atoms with van der Waals surface area (Å²) in [4.78, 5) is 0. The zero-order valence-corrected chi connectivity index (χ0v) is 22.7. The van der Waals surface area contributed by atoms with E-state index >= 15 is 0 Å². The first-order valence-electron chi connectivity index (χ1n) is 13.8. The number of aliphatic hydroxyl groups is 4. The quantitative estimate of drug-likeness (QED) is 0.416. The monoisotopic (exact) mass is 474 g/mol. The molecule has 0 saturated heterocycles. The summed E-state index contributed by atoms with van der Waals surface area (Å²) < 4.78 is 0. The number of rotatable bonds is 6. The summed E-state index contributed by atoms with van der Waals surface area (Å²) in [6.07, 6.45) is 11.9. The molecule has 2 saturated carbocycles. The van der Waals surface area contributed by atoms with Crippen molar-refractivity contribution in [2.45, 2.75) is 118 Å². The second-order valence-corrected chi connectivity index (χ2v) is 14.0. The van der Waals surface area contributed by atoms with Crippen LogP contribution in [0.1, 0.15) is 99.8 Å². The predicted molar refractivity (Wildman–Crippen MR) is 137 cm³/mol. The second kappa shape index (κ2) is 8.43. The van der Waals surface area contributed by atoms with Gasteiger partial charge < -0.3 is 20.4 Å². The van der Waals surface area contributed by atoms with Gasteiger partial charge in [0.05, 0.1) is 18.8 Å². The Bertz CT molecular complexity index is 856. The van der Waals surface area contributed by atoms with Crippen LogP contribution in [-0.4, -0.2) is 44.8 Å². The van der Waals surface area contributed by atoms with E-state index in [9.17, 15) is 20.4 Å². The lowest BCUT2D eigenvalue weighted by molar-refractivity contribution is -0.0974. The van der Waals surface area contributed by atoms with E-state index in [-0.39, 0.29) is 27.8 Å². The average Bonchev–Trinajstić information content (AvgIpc) is 3.06. The smallest absolute Gasteiger partial charge is 0.111 e. The molecule has 0 aromatic heterocycles. The van der Waals surface area contributed by atoms with Gasteiger partial charge in [0.25, 0.3) is 0 Å². The third-order valence-corrected chi connectivity index (χ3v) is 11.9. The molecule has 0 amide bonds. The molecule has 0 heterocycles. The van der Waals surface area contributed by atoms with Crippen LogP contribution in [0.3, 0.4) is 0 Å². The van der Waals surface area contributed by atoms with Crippen LogP contribution in [0.2, 0.25) is 0 Å². The third kappa shape index (κ3) is 3.61. The van der Waals surface area contributed by atoms with Crippen LogP contribution in [0.5, 0.6) is 0 Å². The van der Waals surface area contributed by atoms with Crippen molar-refractivity contribution < 1.29 is 20.4 Å². The standard InChI is InChI=1S/C30H50O4/c1-19(8-11-25(33)30(7,34)18-31)20-12-16-29(6)22-9-10-23-26(2,3)24(32)14-15-27(23,4)21(22)13-17-28(20,29)5/h9,13,19-20,23-25,31-34H,8,10-12,14-18H2,1-7H3/t19-,20-,23?,24+,25+,27-,28-,29+,30?/m1/s1. The number of aliphatic hydroxyl groups excluding tert-OH is 3. The molecule has 2 fully saturated rings. The molecule has 2 unspecified atom stereocenters. The fraction of sp³-hybridized carbons (Fsp3) is 0.867. The maximum Gasteiger partial charge on any atom is 0.111 e. The number of hydrogen-bond acceptors (Lipinski definition) is 4. The van der Waals surface area contributed by atoms with E-state index in [1.165, 1.54) is 19.8 Å². The van der Waals surface area contributed by atoms with Gasteiger partial charge in [0, 0.05) is 0 Å². The molecule has 0 aromatic rings. The normalized spacial score (nSPS) is 44.6. The Morgan fingerprint density at radius 3 is 2.35 bits per heavy atom. The van der Waals surface area contributed by atoms with Crippen LogP contribution >= 0.6 is 0 Å². The fourth-order valence-electron chi connectivity index (χ4n) is 8.98. The van der Waals surface area contributed by atoms with Gasteiger partial charge in [-0.2, -0.15) is 0 Å². The van der Waals surface area contributed by atoms with Crippen molar-refractivity contribution in [1.82, 2.24) is 0 Å². The third-order valence-electron chi connectivity index (χ3n) is 11.9. The summed E-state index contributed by atoms with van der Waals surface area (Å²) in [5, 5.41) is 40.8. The molecular weight excluding hydrogens is 424 g/mol. The first-order valence-corrected chi connectivity index (χ1v) is 13.8. The summed E-state index contributed by atoms with van der Waals surface area (Å²) in [6.45, 7) is 15.4. The van der Waals surface area contributed by atoms with E-state index in [1.807, 2.05) is 0 Å². The topological polar surface area (TPSA) is 80.9 Å². The molecule has 4 heteroatoms. The lowest BCUT2D eigenvalue weighted by Gasteiger charge is -2.61. The van der Waals surface area contributed by atoms with Gasteiger partial charge in [0.15, 0.2) is 0 Å². The molecule has 0 bridgehead atoms. The minimum Gasteiger partial charge on any atom is -0.393 e. The molecule has 4 aliphatic rings. The predicted octanol–water partition coefficient (Wildman–Crippen LogP) is 5.39. The lowest BCUT2D eigenvalue weighted by atomic mass is 9.44. The van der Waals surface area contributed by atoms with E-state index in [1.54, 1.807) is 11.1 Å². The van der Waals surface area contributed by atoms with Gasteiger partial charge in [0.1, 0.15) is 5.60 Å². The summed E-state index contributed by atoms with van der Waals surface area (Å²) in [5.74, 6) is 1.49. The van der Waals surface area contributed by atoms with E-state index in [2.05, 4.69) is 53.7 Å². The molecule has 4 N–H and O–H groups in total. The lowest BCUT2D eigenvalue weighted by Crippen LogP contribution is -2.54. The Balaban J connectivity index is 1.59. The molecular formula is C30H50O4. The zero-order valence-electron chi connectivity index (χ0n) is 22.7. The van der Waals surface area contributed by atoms with E-state index in [0.717, 1.165) is 32.1 Å². The molecule has 0 spiro atoms. The van der Waals surface area contributed by atoms with Crippen LogP contribution in [0.25, 0.3) is 0 Å². The molecule has 9 atom stereocenters. The van der Waals surface area contributed by atoms with Gasteiger partial charge >= 0.3 is 0 Å². The van der Waals surface area contributed by atoms with Crippen LogP contribution in [-0.2, 0) is 0 Å². The number of hydrogen-bond donors (Lipinski definition) is 4. The largest absolute Gasteiger partial charge is 0.393 e. The van der Waals surface area contributed by atoms with Crippen molar-refractivity contribution >= 4 is 0 Å². The van der Waals surface area contributed by atoms with Crippen LogP contribution in [0.15, 0.2) is 23.3 Å². The molecule has 0 aliphatic heterocycles. The van der Waals surface area contributed by atoms with Gasteiger partial charge in [-0.1, -0.05) is 53.7 Å². The van der Waals surface area contributed by atoms with Gasteiger partial charge in [0.2, 0.25) is 0 Å². The zero-order chi connectivity index (χ0) is 25.3. The Morgan fingerprint density at radius 2 is 1.71 bits per heavy atom. The first-order chi connectivity index (χ1) is 15.6. The molecule has 4 rings (SSSR count). The summed E-state index contributed by atoms with van der Waals surface area (Å²) in [6, 6.07) is 0. The van der Waals surface area contributed by atoms with Crippen LogP contribution in [0, 0.1) is 39.4 Å². The minimum atomic E-state index is -1.43. The van der Waals surface area contributed by atoms with Crippen molar-refractivity contribution in [3.05, 3.63) is 23.3 Å². The highest BCUT2D eigenvalue weighted by molar-refractivity contribution is 5.49. The van der Waals surface area contributed by atoms with Crippen molar-refractivity contribution in [2.24, 2.45) is 39.4 Å². The average molecular weight is 475 g/mol. The molecule has 4 aliphatic carbocycles. The van der Waals surface area contributed by atoms with Crippen LogP contribution in [0.4, 0.5) is 0 Å². The van der Waals surface area contributed by atoms with E-state index < -0.39 is 18.3 Å². The number of fused-ring (bicyclic) bond motifs is 5. The Labute approximate surface area is 207 Å². The van der Waals surface area contributed by atoms with Crippen molar-refractivity contribution in [2.75, 3.05) is 6.61 Å². The number of allylic oxidation sites excluding steroid dienone is 4. The van der Waals surface area contributed by atoms with E-state index in [0.29, 0.717) is 24.2 Å². The summed E-state index contributed by atoms with van der Waals surface area (Å²) >= 11 is 0. The van der Waals surface area contributed by atoms with Gasteiger partial charge in [-0.3, -0.25) is 0 Å². The maximum atomic E-state index is 10.8. The van der Waals surface area contributed by atoms with E-state index in [4.69, 9.17) is 0 Å². The SMILES string of the molecule is C[C@H](CC[C@H](O)C(C)(O)CO)[C@H]1CC[C@@]2(C)C3=CCC4C(C)(C)[C@@H](O)CC[C@]4(C)C3=CC[C@]12C. The van der Waals surface area contributed by atoms with Gasteiger partial charge in [-0.15, -0.1) is 0 Å². The van der Waals surface area contributed by atoms with Gasteiger partial charge in [-0.05, 0) is 109 Å². The highest BCUT2D eigenvalue weighted by Gasteiger charge is 2.63. The van der Waals surface area contributed by atoms with Crippen LogP contribution < -0.4 is 0 Å². The Morgan fingerprint density at radius 1 is 1.03 bits per heavy atom. The van der Waals surface area contributed by atoms with Crippen molar-refractivity contribution in [1.29, 1.82) is 0 Å². The van der Waals surface area contributed by atoms with Gasteiger partial charge in [-0.25, -0.2) is 0 Å². The highest BCUT2D eigenvalue weighted by Crippen LogP contribution is 2.71. The highest BCUT2D eigenvalue weighted by atomic mass is 16.4. The molecule has 0 radical (unpaired) electrons. The van der Waals surface area contributed by atoms with Crippen molar-refractivity contribution in [3.8, 4) is 0 Å². The summed E-state index contributed by atoms with van der Waals surface area (Å²) in [7, 11) is 0. The summed E-state index contributed by atoms with van der Waals surface area (Å²) in [5.41, 5.74) is 2.13. The maximum absolute atomic E-state index is 10.8. The fourth-order valence-corrected chi connectivity index (χ4v) is 8.98. The molecule has 4 nitrogen and oxygen atoms in total. The molecule has 0 aromatic carbocycles. The first kappa shape index (κ1) is 26.4. The Hall–Kier alpha value is -0.680. The van der Waals surface area contributed by atoms with Crippen molar-refractivity contribution in [3.63, 3.8) is 0 Å². The molecule has 194 valence electrons. The second-order valence-electron chi connectivity index (χ2n) is 14.0.